The van der Waals surface area contributed by atoms with Crippen LogP contribution in [0.25, 0.3) is 0 Å². The molecule has 1 aromatic heterocycles. The van der Waals surface area contributed by atoms with Crippen LogP contribution in [-0.4, -0.2) is 15.1 Å². The van der Waals surface area contributed by atoms with Gasteiger partial charge in [-0.1, -0.05) is 11.6 Å². The van der Waals surface area contributed by atoms with E-state index in [1.807, 2.05) is 6.07 Å². The Hall–Kier alpha value is -2.08. The van der Waals surface area contributed by atoms with Crippen molar-refractivity contribution in [3.8, 4) is 0 Å². The van der Waals surface area contributed by atoms with Gasteiger partial charge in [-0.05, 0) is 18.2 Å². The third kappa shape index (κ3) is 2.73. The summed E-state index contributed by atoms with van der Waals surface area (Å²) < 4.78 is 0. The van der Waals surface area contributed by atoms with Gasteiger partial charge in [0, 0.05) is 18.0 Å². The Bertz CT molecular complexity index is 527. The Kier molecular flexibility index (Phi) is 3.24. The van der Waals surface area contributed by atoms with Gasteiger partial charge in [-0.3, -0.25) is 15.2 Å². The second-order valence-electron chi connectivity index (χ2n) is 3.36. The fourth-order valence-electron chi connectivity index (χ4n) is 1.34. The summed E-state index contributed by atoms with van der Waals surface area (Å²) in [6.07, 6.45) is 1.64. The van der Waals surface area contributed by atoms with Gasteiger partial charge in [0.15, 0.2) is 0 Å². The minimum absolute atomic E-state index is 0.110. The summed E-state index contributed by atoms with van der Waals surface area (Å²) in [5.74, 6) is 0. The molecule has 6 nitrogen and oxygen atoms in total. The van der Waals surface area contributed by atoms with Crippen molar-refractivity contribution in [2.45, 2.75) is 6.54 Å². The number of nitrogens with one attached hydrogen (secondary N) is 2. The predicted molar refractivity (Wildman–Crippen MR) is 64.0 cm³/mol. The molecule has 0 radical (unpaired) electrons. The lowest BCUT2D eigenvalue weighted by Crippen LogP contribution is -2.00. The first kappa shape index (κ1) is 11.4. The van der Waals surface area contributed by atoms with Crippen molar-refractivity contribution < 1.29 is 4.92 Å². The summed E-state index contributed by atoms with van der Waals surface area (Å²) >= 11 is 5.71. The van der Waals surface area contributed by atoms with Crippen molar-refractivity contribution in [2.24, 2.45) is 0 Å². The molecule has 0 atom stereocenters. The summed E-state index contributed by atoms with van der Waals surface area (Å²) in [6.45, 7) is 0.513. The van der Waals surface area contributed by atoms with Gasteiger partial charge in [-0.25, -0.2) is 0 Å². The number of nitro groups is 1. The predicted octanol–water partition coefficient (Wildman–Crippen LogP) is 2.58. The molecule has 1 aromatic carbocycles. The van der Waals surface area contributed by atoms with Gasteiger partial charge in [-0.2, -0.15) is 5.10 Å². The zero-order valence-corrected chi connectivity index (χ0v) is 9.44. The van der Waals surface area contributed by atoms with E-state index in [1.54, 1.807) is 12.3 Å². The van der Waals surface area contributed by atoms with E-state index in [-0.39, 0.29) is 10.7 Å². The van der Waals surface area contributed by atoms with Crippen LogP contribution in [0, 0.1) is 10.1 Å². The van der Waals surface area contributed by atoms with Gasteiger partial charge in [0.25, 0.3) is 5.69 Å². The van der Waals surface area contributed by atoms with Crippen molar-refractivity contribution >= 4 is 23.0 Å². The molecule has 0 fully saturated rings. The molecule has 0 bridgehead atoms. The molecule has 2 aromatic rings. The Morgan fingerprint density at radius 2 is 2.29 bits per heavy atom. The van der Waals surface area contributed by atoms with Gasteiger partial charge in [-0.15, -0.1) is 0 Å². The van der Waals surface area contributed by atoms with Crippen LogP contribution in [0.2, 0.25) is 5.02 Å². The third-order valence-corrected chi connectivity index (χ3v) is 2.50. The molecule has 0 aliphatic rings. The van der Waals surface area contributed by atoms with E-state index < -0.39 is 4.92 Å². The maximum atomic E-state index is 10.7. The highest BCUT2D eigenvalue weighted by Crippen LogP contribution is 2.27. The van der Waals surface area contributed by atoms with Gasteiger partial charge in [0.2, 0.25) is 0 Å². The zero-order chi connectivity index (χ0) is 12.3. The highest BCUT2D eigenvalue weighted by Gasteiger charge is 2.12. The molecule has 1 heterocycles. The average molecular weight is 253 g/mol. The quantitative estimate of drug-likeness (QED) is 0.647. The van der Waals surface area contributed by atoms with Crippen LogP contribution < -0.4 is 5.32 Å². The Balaban J connectivity index is 2.11. The number of halogens is 1. The van der Waals surface area contributed by atoms with Crippen LogP contribution in [0.15, 0.2) is 30.5 Å². The van der Waals surface area contributed by atoms with E-state index in [9.17, 15) is 10.1 Å². The number of anilines is 1. The molecule has 7 heteroatoms. The van der Waals surface area contributed by atoms with E-state index >= 15 is 0 Å². The lowest BCUT2D eigenvalue weighted by molar-refractivity contribution is -0.384. The minimum Gasteiger partial charge on any atom is -0.379 e. The lowest BCUT2D eigenvalue weighted by atomic mass is 10.2. The topological polar surface area (TPSA) is 83.8 Å². The average Bonchev–Trinajstić information content (AvgIpc) is 2.80. The first-order chi connectivity index (χ1) is 8.16. The van der Waals surface area contributed by atoms with Crippen LogP contribution in [0.3, 0.4) is 0 Å². The highest BCUT2D eigenvalue weighted by molar-refractivity contribution is 6.32. The normalized spacial score (nSPS) is 10.2. The SMILES string of the molecule is O=[N+]([O-])c1cc(NCc2ccn[nH]2)ccc1Cl. The number of H-pyrrole nitrogens is 1. The van der Waals surface area contributed by atoms with Crippen molar-refractivity contribution in [1.82, 2.24) is 10.2 Å². The lowest BCUT2D eigenvalue weighted by Gasteiger charge is -2.05. The fourth-order valence-corrected chi connectivity index (χ4v) is 1.53. The van der Waals surface area contributed by atoms with E-state index in [4.69, 9.17) is 11.6 Å². The second-order valence-corrected chi connectivity index (χ2v) is 3.77. The summed E-state index contributed by atoms with van der Waals surface area (Å²) in [5, 5.41) is 20.4. The molecule has 2 rings (SSSR count). The van der Waals surface area contributed by atoms with Gasteiger partial charge >= 0.3 is 0 Å². The molecule has 0 unspecified atom stereocenters. The summed E-state index contributed by atoms with van der Waals surface area (Å²) in [5.41, 5.74) is 1.42. The van der Waals surface area contributed by atoms with Gasteiger partial charge in [0.1, 0.15) is 5.02 Å². The van der Waals surface area contributed by atoms with E-state index in [0.717, 1.165) is 5.69 Å². The molecule has 0 aliphatic carbocycles. The maximum Gasteiger partial charge on any atom is 0.289 e. The van der Waals surface area contributed by atoms with Crippen molar-refractivity contribution in [1.29, 1.82) is 0 Å². The van der Waals surface area contributed by atoms with Gasteiger partial charge < -0.3 is 5.32 Å². The van der Waals surface area contributed by atoms with Gasteiger partial charge in [0.05, 0.1) is 17.2 Å². The van der Waals surface area contributed by atoms with Crippen molar-refractivity contribution in [3.63, 3.8) is 0 Å². The smallest absolute Gasteiger partial charge is 0.289 e. The molecule has 17 heavy (non-hydrogen) atoms. The first-order valence-electron chi connectivity index (χ1n) is 4.83. The number of hydrogen-bond donors (Lipinski definition) is 2. The zero-order valence-electron chi connectivity index (χ0n) is 8.68. The molecule has 0 amide bonds. The molecule has 0 saturated carbocycles. The number of aromatic amines is 1. The highest BCUT2D eigenvalue weighted by atomic mass is 35.5. The van der Waals surface area contributed by atoms with Crippen molar-refractivity contribution in [2.75, 3.05) is 5.32 Å². The molecule has 0 aliphatic heterocycles. The van der Waals surface area contributed by atoms with E-state index in [0.29, 0.717) is 12.2 Å². The molecule has 0 spiro atoms. The monoisotopic (exact) mass is 252 g/mol. The van der Waals surface area contributed by atoms with Crippen LogP contribution in [0.5, 0.6) is 0 Å². The Labute approximate surface area is 102 Å². The van der Waals surface area contributed by atoms with Crippen LogP contribution >= 0.6 is 11.6 Å². The molecule has 88 valence electrons. The second kappa shape index (κ2) is 4.84. The molecule has 0 saturated heterocycles. The summed E-state index contributed by atoms with van der Waals surface area (Å²) in [6, 6.07) is 6.40. The number of nitro benzene ring substituents is 1. The number of rotatable bonds is 4. The van der Waals surface area contributed by atoms with Crippen LogP contribution in [-0.2, 0) is 6.54 Å². The standard InChI is InChI=1S/C10H9ClN4O2/c11-9-2-1-7(5-10(9)15(16)17)12-6-8-3-4-13-14-8/h1-5,12H,6H2,(H,13,14). The number of aromatic nitrogens is 2. The number of benzene rings is 1. The first-order valence-corrected chi connectivity index (χ1v) is 5.20. The number of hydrogen-bond acceptors (Lipinski definition) is 4. The summed E-state index contributed by atoms with van der Waals surface area (Å²) in [4.78, 5) is 10.2. The van der Waals surface area contributed by atoms with E-state index in [1.165, 1.54) is 12.1 Å². The summed E-state index contributed by atoms with van der Waals surface area (Å²) in [7, 11) is 0. The Morgan fingerprint density at radius 1 is 1.47 bits per heavy atom. The fraction of sp³-hybridized carbons (Fsp3) is 0.100. The molecular weight excluding hydrogens is 244 g/mol. The van der Waals surface area contributed by atoms with E-state index in [2.05, 4.69) is 15.5 Å². The van der Waals surface area contributed by atoms with Crippen LogP contribution in [0.1, 0.15) is 5.69 Å². The largest absolute Gasteiger partial charge is 0.379 e. The molecule has 2 N–H and O–H groups in total. The maximum absolute atomic E-state index is 10.7. The minimum atomic E-state index is -0.510. The Morgan fingerprint density at radius 3 is 2.94 bits per heavy atom. The number of nitrogens with zero attached hydrogens (tertiary/aromatic N) is 2. The van der Waals surface area contributed by atoms with Crippen LogP contribution in [0.4, 0.5) is 11.4 Å². The van der Waals surface area contributed by atoms with Crippen molar-refractivity contribution in [3.05, 3.63) is 51.3 Å². The third-order valence-electron chi connectivity index (χ3n) is 2.18. The molecular formula is C10H9ClN4O2.